The molecule has 0 bridgehead atoms. The number of morpholine rings is 1. The Morgan fingerprint density at radius 1 is 1.39 bits per heavy atom. The van der Waals surface area contributed by atoms with Gasteiger partial charge in [-0.25, -0.2) is 14.7 Å². The van der Waals surface area contributed by atoms with Crippen LogP contribution in [0.15, 0.2) is 47.5 Å². The second kappa shape index (κ2) is 6.62. The van der Waals surface area contributed by atoms with Gasteiger partial charge in [-0.2, -0.15) is 0 Å². The van der Waals surface area contributed by atoms with Crippen LogP contribution in [-0.4, -0.2) is 46.7 Å². The lowest BCUT2D eigenvalue weighted by Gasteiger charge is -2.36. The first-order valence-electron chi connectivity index (χ1n) is 7.45. The van der Waals surface area contributed by atoms with Crippen LogP contribution in [0, 0.1) is 0 Å². The number of hydrogen-bond donors (Lipinski definition) is 1. The average molecular weight is 314 g/mol. The van der Waals surface area contributed by atoms with E-state index >= 15 is 0 Å². The Labute approximate surface area is 133 Å². The molecule has 1 aliphatic heterocycles. The van der Waals surface area contributed by atoms with Crippen LogP contribution >= 0.6 is 0 Å². The third-order valence-corrected chi connectivity index (χ3v) is 3.71. The third kappa shape index (κ3) is 3.24. The van der Waals surface area contributed by atoms with Crippen LogP contribution < -0.4 is 10.5 Å². The lowest BCUT2D eigenvalue weighted by atomic mass is 10.2. The Balaban J connectivity index is 1.99. The van der Waals surface area contributed by atoms with E-state index in [1.807, 2.05) is 13.0 Å². The van der Waals surface area contributed by atoms with E-state index in [0.29, 0.717) is 31.3 Å². The minimum absolute atomic E-state index is 0.0229. The van der Waals surface area contributed by atoms with Crippen LogP contribution in [0.4, 0.5) is 16.3 Å². The van der Waals surface area contributed by atoms with Crippen LogP contribution in [0.2, 0.25) is 0 Å². The summed E-state index contributed by atoms with van der Waals surface area (Å²) in [6.07, 6.45) is 3.14. The SMILES string of the molecule is CC1COCCN1C(=O)N(c1ccc(=O)[nH]c1)c1ccccn1. The van der Waals surface area contributed by atoms with E-state index in [1.165, 1.54) is 17.2 Å². The Morgan fingerprint density at radius 2 is 2.26 bits per heavy atom. The number of nitrogens with one attached hydrogen (secondary N) is 1. The first-order chi connectivity index (χ1) is 11.2. The molecule has 3 rings (SSSR count). The number of pyridine rings is 2. The molecule has 2 aromatic rings. The van der Waals surface area contributed by atoms with Gasteiger partial charge in [0, 0.05) is 25.0 Å². The molecule has 23 heavy (non-hydrogen) atoms. The zero-order valence-electron chi connectivity index (χ0n) is 12.8. The molecule has 0 radical (unpaired) electrons. The van der Waals surface area contributed by atoms with E-state index in [2.05, 4.69) is 9.97 Å². The molecule has 1 saturated heterocycles. The Bertz CT molecular complexity index is 711. The number of urea groups is 1. The van der Waals surface area contributed by atoms with Crippen molar-refractivity contribution in [3.05, 3.63) is 53.1 Å². The number of ether oxygens (including phenoxy) is 1. The molecule has 120 valence electrons. The third-order valence-electron chi connectivity index (χ3n) is 3.71. The van der Waals surface area contributed by atoms with Crippen molar-refractivity contribution in [1.82, 2.24) is 14.9 Å². The second-order valence-corrected chi connectivity index (χ2v) is 5.33. The highest BCUT2D eigenvalue weighted by atomic mass is 16.5. The molecule has 1 atom stereocenters. The van der Waals surface area contributed by atoms with Crippen molar-refractivity contribution in [1.29, 1.82) is 0 Å². The highest BCUT2D eigenvalue weighted by molar-refractivity contribution is 5.98. The number of carbonyl (C=O) groups excluding carboxylic acids is 1. The van der Waals surface area contributed by atoms with Crippen LogP contribution in [0.1, 0.15) is 6.92 Å². The summed E-state index contributed by atoms with van der Waals surface area (Å²) >= 11 is 0. The minimum Gasteiger partial charge on any atom is -0.377 e. The smallest absolute Gasteiger partial charge is 0.330 e. The first kappa shape index (κ1) is 15.2. The molecular weight excluding hydrogens is 296 g/mol. The molecule has 3 heterocycles. The van der Waals surface area contributed by atoms with Gasteiger partial charge < -0.3 is 14.6 Å². The normalized spacial score (nSPS) is 17.8. The lowest BCUT2D eigenvalue weighted by molar-refractivity contribution is 0.0211. The van der Waals surface area contributed by atoms with Crippen molar-refractivity contribution in [3.63, 3.8) is 0 Å². The van der Waals surface area contributed by atoms with Crippen molar-refractivity contribution in [2.45, 2.75) is 13.0 Å². The summed E-state index contributed by atoms with van der Waals surface area (Å²) in [5.41, 5.74) is 0.342. The zero-order chi connectivity index (χ0) is 16.2. The summed E-state index contributed by atoms with van der Waals surface area (Å²) in [5.74, 6) is 0.503. The molecule has 1 N–H and O–H groups in total. The van der Waals surface area contributed by atoms with E-state index in [1.54, 1.807) is 29.3 Å². The molecule has 7 nitrogen and oxygen atoms in total. The van der Waals surface area contributed by atoms with Gasteiger partial charge in [0.2, 0.25) is 5.56 Å². The number of rotatable bonds is 2. The standard InChI is InChI=1S/C16H18N4O3/c1-12-11-23-9-8-19(12)16(22)20(14-4-2-3-7-17-14)13-5-6-15(21)18-10-13/h2-7,10,12H,8-9,11H2,1H3,(H,18,21). The van der Waals surface area contributed by atoms with Crippen molar-refractivity contribution in [2.75, 3.05) is 24.7 Å². The molecule has 7 heteroatoms. The first-order valence-corrected chi connectivity index (χ1v) is 7.45. The second-order valence-electron chi connectivity index (χ2n) is 5.33. The van der Waals surface area contributed by atoms with Crippen LogP contribution in [0.3, 0.4) is 0 Å². The highest BCUT2D eigenvalue weighted by Gasteiger charge is 2.30. The van der Waals surface area contributed by atoms with Gasteiger partial charge in [0.15, 0.2) is 0 Å². The van der Waals surface area contributed by atoms with E-state index < -0.39 is 0 Å². The van der Waals surface area contributed by atoms with E-state index in [4.69, 9.17) is 4.74 Å². The number of nitrogens with zero attached hydrogens (tertiary/aromatic N) is 3. The van der Waals surface area contributed by atoms with Gasteiger partial charge in [-0.05, 0) is 25.1 Å². The summed E-state index contributed by atoms with van der Waals surface area (Å²) < 4.78 is 5.39. The van der Waals surface area contributed by atoms with Gasteiger partial charge >= 0.3 is 6.03 Å². The fourth-order valence-corrected chi connectivity index (χ4v) is 2.51. The van der Waals surface area contributed by atoms with Crippen molar-refractivity contribution in [3.8, 4) is 0 Å². The number of anilines is 2. The Hall–Kier alpha value is -2.67. The lowest BCUT2D eigenvalue weighted by Crippen LogP contribution is -2.51. The Morgan fingerprint density at radius 3 is 2.91 bits per heavy atom. The van der Waals surface area contributed by atoms with Gasteiger partial charge in [-0.3, -0.25) is 4.79 Å². The minimum atomic E-state index is -0.220. The van der Waals surface area contributed by atoms with E-state index in [0.717, 1.165) is 0 Å². The molecule has 0 saturated carbocycles. The number of H-pyrrole nitrogens is 1. The molecule has 1 aliphatic rings. The molecule has 0 aliphatic carbocycles. The predicted octanol–water partition coefficient (Wildman–Crippen LogP) is 1.75. The summed E-state index contributed by atoms with van der Waals surface area (Å²) in [7, 11) is 0. The molecule has 2 amide bonds. The maximum Gasteiger partial charge on any atom is 0.330 e. The number of aromatic nitrogens is 2. The largest absolute Gasteiger partial charge is 0.377 e. The van der Waals surface area contributed by atoms with Crippen molar-refractivity contribution >= 4 is 17.5 Å². The van der Waals surface area contributed by atoms with Gasteiger partial charge in [0.25, 0.3) is 0 Å². The van der Waals surface area contributed by atoms with Crippen LogP contribution in [-0.2, 0) is 4.74 Å². The van der Waals surface area contributed by atoms with Crippen molar-refractivity contribution < 1.29 is 9.53 Å². The average Bonchev–Trinajstić information content (AvgIpc) is 2.58. The summed E-state index contributed by atoms with van der Waals surface area (Å²) in [4.78, 5) is 34.5. The fraction of sp³-hybridized carbons (Fsp3) is 0.312. The molecule has 0 aromatic carbocycles. The monoisotopic (exact) mass is 314 g/mol. The number of aromatic amines is 1. The van der Waals surface area contributed by atoms with E-state index in [-0.39, 0.29) is 17.6 Å². The molecule has 0 spiro atoms. The zero-order valence-corrected chi connectivity index (χ0v) is 12.8. The van der Waals surface area contributed by atoms with Crippen LogP contribution in [0.25, 0.3) is 0 Å². The number of amides is 2. The maximum absolute atomic E-state index is 13.1. The Kier molecular flexibility index (Phi) is 4.38. The summed E-state index contributed by atoms with van der Waals surface area (Å²) in [6, 6.07) is 8.15. The topological polar surface area (TPSA) is 78.5 Å². The predicted molar refractivity (Wildman–Crippen MR) is 85.8 cm³/mol. The quantitative estimate of drug-likeness (QED) is 0.916. The molecule has 1 unspecified atom stereocenters. The van der Waals surface area contributed by atoms with Gasteiger partial charge in [0.1, 0.15) is 5.82 Å². The number of carbonyl (C=O) groups is 1. The number of hydrogen-bond acceptors (Lipinski definition) is 4. The van der Waals surface area contributed by atoms with Crippen LogP contribution in [0.5, 0.6) is 0 Å². The van der Waals surface area contributed by atoms with Gasteiger partial charge in [0.05, 0.1) is 24.9 Å². The fourth-order valence-electron chi connectivity index (χ4n) is 2.51. The van der Waals surface area contributed by atoms with Gasteiger partial charge in [-0.1, -0.05) is 6.07 Å². The van der Waals surface area contributed by atoms with Gasteiger partial charge in [-0.15, -0.1) is 0 Å². The van der Waals surface area contributed by atoms with Crippen molar-refractivity contribution in [2.24, 2.45) is 0 Å². The van der Waals surface area contributed by atoms with E-state index in [9.17, 15) is 9.59 Å². The molecular formula is C16H18N4O3. The summed E-state index contributed by atoms with van der Waals surface area (Å²) in [5, 5.41) is 0. The molecule has 2 aromatic heterocycles. The molecule has 1 fully saturated rings. The maximum atomic E-state index is 13.1. The summed E-state index contributed by atoms with van der Waals surface area (Å²) in [6.45, 7) is 3.48. The highest BCUT2D eigenvalue weighted by Crippen LogP contribution is 2.25.